The molecule has 0 saturated carbocycles. The number of carbonyl (C=O) groups is 1. The number of sulfonamides is 1. The molecular weight excluding hydrogens is 530 g/mol. The second-order valence-electron chi connectivity index (χ2n) is 6.63. The maximum Gasteiger partial charge on any atom is 0.264 e. The summed E-state index contributed by atoms with van der Waals surface area (Å²) in [6, 6.07) is 18.7. The van der Waals surface area contributed by atoms with Gasteiger partial charge in [0.05, 0.1) is 24.9 Å². The minimum Gasteiger partial charge on any atom is -0.298 e. The summed E-state index contributed by atoms with van der Waals surface area (Å²) in [6.45, 7) is 2.07. The third kappa shape index (κ3) is 4.78. The number of hydrogen-bond donors (Lipinski definition) is 1. The molecule has 0 unspecified atom stereocenters. The van der Waals surface area contributed by atoms with Crippen molar-refractivity contribution in [3.63, 3.8) is 0 Å². The fourth-order valence-electron chi connectivity index (χ4n) is 3.06. The lowest BCUT2D eigenvalue weighted by Gasteiger charge is -2.22. The molecule has 1 amide bonds. The van der Waals surface area contributed by atoms with E-state index in [1.54, 1.807) is 42.5 Å². The normalized spacial score (nSPS) is 11.3. The minimum absolute atomic E-state index is 0.125. The highest BCUT2D eigenvalue weighted by atomic mass is 79.9. The molecule has 4 rings (SSSR count). The summed E-state index contributed by atoms with van der Waals surface area (Å²) in [6.07, 6.45) is 0. The second-order valence-corrected chi connectivity index (χ2v) is 11.8. The fourth-order valence-corrected chi connectivity index (χ4v) is 6.66. The Labute approximate surface area is 202 Å². The van der Waals surface area contributed by atoms with Gasteiger partial charge in [0.1, 0.15) is 0 Å². The van der Waals surface area contributed by atoms with Crippen LogP contribution >= 0.6 is 38.6 Å². The molecule has 0 fully saturated rings. The second kappa shape index (κ2) is 9.53. The molecule has 10 heteroatoms. The molecule has 0 aliphatic carbocycles. The van der Waals surface area contributed by atoms with Crippen LogP contribution in [-0.4, -0.2) is 25.9 Å². The number of anilines is 2. The van der Waals surface area contributed by atoms with E-state index in [9.17, 15) is 13.2 Å². The van der Waals surface area contributed by atoms with Gasteiger partial charge in [-0.3, -0.25) is 14.4 Å². The van der Waals surface area contributed by atoms with Gasteiger partial charge in [-0.2, -0.15) is 0 Å². The van der Waals surface area contributed by atoms with E-state index in [1.807, 2.05) is 23.6 Å². The molecule has 0 atom stereocenters. The topological polar surface area (TPSA) is 79.4 Å². The number of aromatic nitrogens is 1. The van der Waals surface area contributed by atoms with Crippen molar-refractivity contribution in [2.24, 2.45) is 0 Å². The summed E-state index contributed by atoms with van der Waals surface area (Å²) in [7, 11) is -3.74. The van der Waals surface area contributed by atoms with Gasteiger partial charge in [0.15, 0.2) is 5.13 Å². The number of thiophene rings is 1. The Morgan fingerprint density at radius 2 is 1.78 bits per heavy atom. The van der Waals surface area contributed by atoms with Gasteiger partial charge in [-0.1, -0.05) is 18.2 Å². The number of benzene rings is 2. The van der Waals surface area contributed by atoms with Crippen LogP contribution in [0.4, 0.5) is 10.8 Å². The van der Waals surface area contributed by atoms with Gasteiger partial charge in [0.2, 0.25) is 0 Å². The molecule has 0 radical (unpaired) electrons. The Morgan fingerprint density at radius 3 is 2.41 bits per heavy atom. The molecular formula is C22H18BrN3O3S3. The van der Waals surface area contributed by atoms with Crippen molar-refractivity contribution < 1.29 is 13.2 Å². The van der Waals surface area contributed by atoms with Gasteiger partial charge in [-0.25, -0.2) is 13.4 Å². The van der Waals surface area contributed by atoms with Gasteiger partial charge in [-0.15, -0.1) is 22.7 Å². The van der Waals surface area contributed by atoms with Gasteiger partial charge in [0.25, 0.3) is 15.9 Å². The first-order valence-electron chi connectivity index (χ1n) is 9.59. The van der Waals surface area contributed by atoms with Crippen LogP contribution in [0.1, 0.15) is 17.3 Å². The number of nitrogens with zero attached hydrogens (tertiary/aromatic N) is 2. The van der Waals surface area contributed by atoms with E-state index >= 15 is 0 Å². The van der Waals surface area contributed by atoms with Crippen LogP contribution in [0.3, 0.4) is 0 Å². The monoisotopic (exact) mass is 547 g/mol. The van der Waals surface area contributed by atoms with Crippen LogP contribution in [0.2, 0.25) is 0 Å². The van der Waals surface area contributed by atoms with Crippen molar-refractivity contribution in [3.8, 4) is 10.6 Å². The number of rotatable bonds is 7. The number of halogens is 1. The fraction of sp³-hybridized carbons (Fsp3) is 0.0909. The zero-order chi connectivity index (χ0) is 22.7. The maximum atomic E-state index is 13.1. The molecule has 6 nitrogen and oxygen atoms in total. The maximum absolute atomic E-state index is 13.1. The van der Waals surface area contributed by atoms with E-state index in [4.69, 9.17) is 0 Å². The van der Waals surface area contributed by atoms with Crippen molar-refractivity contribution in [2.45, 2.75) is 11.8 Å². The highest BCUT2D eigenvalue weighted by Gasteiger charge is 2.23. The summed E-state index contributed by atoms with van der Waals surface area (Å²) >= 11 is 6.33. The highest BCUT2D eigenvalue weighted by molar-refractivity contribution is 9.11. The van der Waals surface area contributed by atoms with Crippen molar-refractivity contribution >= 4 is 65.4 Å². The first-order chi connectivity index (χ1) is 15.4. The van der Waals surface area contributed by atoms with E-state index in [-0.39, 0.29) is 10.8 Å². The molecule has 32 heavy (non-hydrogen) atoms. The van der Waals surface area contributed by atoms with E-state index in [2.05, 4.69) is 26.2 Å². The molecule has 2 heterocycles. The molecule has 2 aromatic heterocycles. The Morgan fingerprint density at radius 1 is 1.06 bits per heavy atom. The molecule has 4 aromatic rings. The summed E-state index contributed by atoms with van der Waals surface area (Å²) in [5.41, 5.74) is 1.74. The molecule has 0 saturated heterocycles. The lowest BCUT2D eigenvalue weighted by atomic mass is 10.2. The largest absolute Gasteiger partial charge is 0.298 e. The Balaban J connectivity index is 1.49. The lowest BCUT2D eigenvalue weighted by Crippen LogP contribution is -2.30. The zero-order valence-electron chi connectivity index (χ0n) is 16.9. The number of thiazole rings is 1. The molecule has 2 aromatic carbocycles. The number of para-hydroxylation sites is 1. The number of nitrogens with one attached hydrogen (secondary N) is 1. The van der Waals surface area contributed by atoms with Crippen molar-refractivity contribution in [2.75, 3.05) is 16.2 Å². The van der Waals surface area contributed by atoms with Crippen molar-refractivity contribution in [1.29, 1.82) is 0 Å². The molecule has 0 bridgehead atoms. The summed E-state index contributed by atoms with van der Waals surface area (Å²) in [4.78, 5) is 18.2. The number of hydrogen-bond acceptors (Lipinski definition) is 6. The van der Waals surface area contributed by atoms with Crippen LogP contribution in [0.15, 0.2) is 80.8 Å². The molecule has 0 aliphatic rings. The Hall–Kier alpha value is -2.53. The van der Waals surface area contributed by atoms with Gasteiger partial charge in [-0.05, 0) is 71.4 Å². The highest BCUT2D eigenvalue weighted by Crippen LogP contribution is 2.33. The van der Waals surface area contributed by atoms with Gasteiger partial charge in [0, 0.05) is 17.5 Å². The average Bonchev–Trinajstić information content (AvgIpc) is 3.44. The summed E-state index contributed by atoms with van der Waals surface area (Å²) < 4.78 is 28.5. The van der Waals surface area contributed by atoms with Gasteiger partial charge >= 0.3 is 0 Å². The molecule has 1 N–H and O–H groups in total. The standard InChI is InChI=1S/C22H18BrN3O3S3/c1-2-26(16-6-4-3-5-7-16)32(28,29)17-10-8-15(9-11-17)21(27)25-22-24-18(14-30-22)19-12-13-20(23)31-19/h3-14H,2H2,1H3,(H,24,25,27). The van der Waals surface area contributed by atoms with Crippen LogP contribution < -0.4 is 9.62 Å². The zero-order valence-corrected chi connectivity index (χ0v) is 20.9. The SMILES string of the molecule is CCN(c1ccccc1)S(=O)(=O)c1ccc(C(=O)Nc2nc(-c3ccc(Br)s3)cs2)cc1. The average molecular weight is 549 g/mol. The minimum atomic E-state index is -3.74. The summed E-state index contributed by atoms with van der Waals surface area (Å²) in [5.74, 6) is -0.349. The predicted octanol–water partition coefficient (Wildman–Crippen LogP) is 6.10. The van der Waals surface area contributed by atoms with Crippen LogP contribution in [0.5, 0.6) is 0 Å². The predicted molar refractivity (Wildman–Crippen MR) is 134 cm³/mol. The molecule has 0 aliphatic heterocycles. The quantitative estimate of drug-likeness (QED) is 0.303. The van der Waals surface area contributed by atoms with Crippen molar-refractivity contribution in [1.82, 2.24) is 4.98 Å². The molecule has 164 valence electrons. The van der Waals surface area contributed by atoms with Crippen molar-refractivity contribution in [3.05, 3.63) is 81.5 Å². The third-order valence-electron chi connectivity index (χ3n) is 4.59. The lowest BCUT2D eigenvalue weighted by molar-refractivity contribution is 0.102. The number of amides is 1. The first-order valence-corrected chi connectivity index (χ1v) is 13.5. The number of carbonyl (C=O) groups excluding carboxylic acids is 1. The molecule has 0 spiro atoms. The van der Waals surface area contributed by atoms with E-state index in [1.165, 1.54) is 39.9 Å². The van der Waals surface area contributed by atoms with Crippen LogP contribution in [0.25, 0.3) is 10.6 Å². The first kappa shape index (κ1) is 22.7. The van der Waals surface area contributed by atoms with E-state index in [0.717, 1.165) is 14.4 Å². The van der Waals surface area contributed by atoms with Crippen LogP contribution in [-0.2, 0) is 10.0 Å². The summed E-state index contributed by atoms with van der Waals surface area (Å²) in [5, 5.41) is 5.14. The van der Waals surface area contributed by atoms with E-state index < -0.39 is 10.0 Å². The van der Waals surface area contributed by atoms with E-state index in [0.29, 0.717) is 22.9 Å². The smallest absolute Gasteiger partial charge is 0.264 e. The van der Waals surface area contributed by atoms with Gasteiger partial charge < -0.3 is 0 Å². The third-order valence-corrected chi connectivity index (χ3v) is 8.91. The Bertz CT molecular complexity index is 1330. The van der Waals surface area contributed by atoms with Crippen LogP contribution in [0, 0.1) is 0 Å². The Kier molecular flexibility index (Phi) is 6.75.